The molecule has 1 aromatic heterocycles. The second-order valence-corrected chi connectivity index (χ2v) is 2.40. The Morgan fingerprint density at radius 2 is 2.40 bits per heavy atom. The highest BCUT2D eigenvalue weighted by Crippen LogP contribution is 2.10. The van der Waals surface area contributed by atoms with Gasteiger partial charge in [0.25, 0.3) is 0 Å². The maximum absolute atomic E-state index is 5.45. The summed E-state index contributed by atoms with van der Waals surface area (Å²) in [7, 11) is 0. The Labute approximate surface area is 65.2 Å². The number of alkyl halides is 1. The summed E-state index contributed by atoms with van der Waals surface area (Å²) in [6, 6.07) is 3.80. The van der Waals surface area contributed by atoms with Gasteiger partial charge < -0.3 is 9.73 Å². The second-order valence-electron chi connectivity index (χ2n) is 2.03. The van der Waals surface area contributed by atoms with Gasteiger partial charge in [-0.15, -0.1) is 11.6 Å². The Kier molecular flexibility index (Phi) is 2.63. The summed E-state index contributed by atoms with van der Waals surface area (Å²) in [6.45, 7) is 2.65. The van der Waals surface area contributed by atoms with Crippen molar-refractivity contribution >= 4 is 17.5 Å². The van der Waals surface area contributed by atoms with Gasteiger partial charge in [0.2, 0.25) is 0 Å². The molecule has 1 rings (SSSR count). The van der Waals surface area contributed by atoms with Crippen LogP contribution < -0.4 is 5.32 Å². The van der Waals surface area contributed by atoms with Gasteiger partial charge in [-0.05, 0) is 13.0 Å². The molecule has 0 atom stereocenters. The van der Waals surface area contributed by atoms with Gasteiger partial charge in [-0.1, -0.05) is 0 Å². The fraction of sp³-hybridized carbons (Fsp3) is 0.429. The lowest BCUT2D eigenvalue weighted by atomic mass is 10.5. The van der Waals surface area contributed by atoms with Crippen molar-refractivity contribution in [1.29, 1.82) is 0 Å². The van der Waals surface area contributed by atoms with E-state index in [1.807, 2.05) is 19.1 Å². The minimum Gasteiger partial charge on any atom is -0.446 e. The Balaban J connectivity index is 2.42. The molecule has 0 fully saturated rings. The van der Waals surface area contributed by atoms with Gasteiger partial charge in [-0.3, -0.25) is 0 Å². The van der Waals surface area contributed by atoms with E-state index in [0.717, 1.165) is 18.2 Å². The van der Waals surface area contributed by atoms with Gasteiger partial charge in [0.1, 0.15) is 5.76 Å². The molecule has 0 spiro atoms. The van der Waals surface area contributed by atoms with Crippen LogP contribution in [0.3, 0.4) is 0 Å². The Hall–Kier alpha value is -0.630. The van der Waals surface area contributed by atoms with Crippen LogP contribution in [0.2, 0.25) is 0 Å². The third-order valence-electron chi connectivity index (χ3n) is 1.13. The minimum absolute atomic E-state index is 0.597. The molecule has 1 heterocycles. The highest BCUT2D eigenvalue weighted by molar-refractivity contribution is 6.18. The van der Waals surface area contributed by atoms with E-state index in [4.69, 9.17) is 16.0 Å². The zero-order valence-electron chi connectivity index (χ0n) is 5.86. The fourth-order valence-electron chi connectivity index (χ4n) is 0.700. The molecule has 10 heavy (non-hydrogen) atoms. The number of nitrogens with one attached hydrogen (secondary N) is 1. The van der Waals surface area contributed by atoms with E-state index in [1.54, 1.807) is 0 Å². The number of aryl methyl sites for hydroxylation is 1. The molecule has 0 aliphatic carbocycles. The molecule has 2 nitrogen and oxygen atoms in total. The molecule has 0 unspecified atom stereocenters. The van der Waals surface area contributed by atoms with Gasteiger partial charge in [0.05, 0.1) is 0 Å². The largest absolute Gasteiger partial charge is 0.446 e. The average Bonchev–Trinajstić information content (AvgIpc) is 2.31. The van der Waals surface area contributed by atoms with E-state index in [2.05, 4.69) is 5.32 Å². The molecule has 0 radical (unpaired) electrons. The topological polar surface area (TPSA) is 25.2 Å². The molecule has 0 aliphatic rings. The van der Waals surface area contributed by atoms with Crippen LogP contribution in [0.1, 0.15) is 5.76 Å². The molecule has 0 saturated carbocycles. The van der Waals surface area contributed by atoms with Gasteiger partial charge in [-0.2, -0.15) is 0 Å². The first-order chi connectivity index (χ1) is 4.83. The van der Waals surface area contributed by atoms with Crippen LogP contribution in [0.5, 0.6) is 0 Å². The molecule has 3 heteroatoms. The summed E-state index contributed by atoms with van der Waals surface area (Å²) < 4.78 is 5.22. The molecular formula is C7H10ClNO. The summed E-state index contributed by atoms with van der Waals surface area (Å²) in [5, 5.41) is 3.02. The average molecular weight is 160 g/mol. The minimum atomic E-state index is 0.597. The fourth-order valence-corrected chi connectivity index (χ4v) is 0.794. The maximum Gasteiger partial charge on any atom is 0.193 e. The Morgan fingerprint density at radius 1 is 1.60 bits per heavy atom. The Morgan fingerprint density at radius 3 is 2.90 bits per heavy atom. The van der Waals surface area contributed by atoms with Gasteiger partial charge >= 0.3 is 0 Å². The molecule has 1 aromatic rings. The molecule has 1 N–H and O–H groups in total. The summed E-state index contributed by atoms with van der Waals surface area (Å²) in [5.74, 6) is 2.30. The van der Waals surface area contributed by atoms with Crippen molar-refractivity contribution < 1.29 is 4.42 Å². The van der Waals surface area contributed by atoms with Crippen molar-refractivity contribution in [1.82, 2.24) is 0 Å². The van der Waals surface area contributed by atoms with Gasteiger partial charge in [0.15, 0.2) is 5.88 Å². The van der Waals surface area contributed by atoms with Crippen molar-refractivity contribution in [3.8, 4) is 0 Å². The standard InChI is InChI=1S/C7H10ClNO/c1-6-2-3-7(10-6)9-5-4-8/h2-3,9H,4-5H2,1H3. The number of anilines is 1. The first-order valence-corrected chi connectivity index (χ1v) is 3.72. The molecular weight excluding hydrogens is 150 g/mol. The predicted octanol–water partition coefficient (Wildman–Crippen LogP) is 2.24. The van der Waals surface area contributed by atoms with Crippen LogP contribution in [0.4, 0.5) is 5.88 Å². The quantitative estimate of drug-likeness (QED) is 0.685. The molecule has 0 bridgehead atoms. The summed E-state index contributed by atoms with van der Waals surface area (Å²) >= 11 is 5.45. The van der Waals surface area contributed by atoms with E-state index < -0.39 is 0 Å². The van der Waals surface area contributed by atoms with Gasteiger partial charge in [0, 0.05) is 18.5 Å². The third-order valence-corrected chi connectivity index (χ3v) is 1.32. The van der Waals surface area contributed by atoms with Crippen LogP contribution in [0.25, 0.3) is 0 Å². The number of hydrogen-bond acceptors (Lipinski definition) is 2. The number of furan rings is 1. The van der Waals surface area contributed by atoms with Crippen molar-refractivity contribution in [3.63, 3.8) is 0 Å². The van der Waals surface area contributed by atoms with Gasteiger partial charge in [-0.25, -0.2) is 0 Å². The van der Waals surface area contributed by atoms with E-state index in [0.29, 0.717) is 5.88 Å². The lowest BCUT2D eigenvalue weighted by Gasteiger charge is -1.96. The second kappa shape index (κ2) is 3.52. The molecule has 0 amide bonds. The molecule has 0 aromatic carbocycles. The lowest BCUT2D eigenvalue weighted by molar-refractivity contribution is 0.547. The van der Waals surface area contributed by atoms with Crippen LogP contribution in [0, 0.1) is 6.92 Å². The van der Waals surface area contributed by atoms with Crippen LogP contribution in [0.15, 0.2) is 16.5 Å². The van der Waals surface area contributed by atoms with Crippen LogP contribution >= 0.6 is 11.6 Å². The van der Waals surface area contributed by atoms with Crippen molar-refractivity contribution in [2.75, 3.05) is 17.7 Å². The third kappa shape index (κ3) is 1.95. The van der Waals surface area contributed by atoms with Crippen LogP contribution in [-0.2, 0) is 0 Å². The smallest absolute Gasteiger partial charge is 0.193 e. The SMILES string of the molecule is Cc1ccc(NCCCl)o1. The zero-order chi connectivity index (χ0) is 7.40. The molecule has 0 aliphatic heterocycles. The molecule has 0 saturated heterocycles. The van der Waals surface area contributed by atoms with E-state index in [-0.39, 0.29) is 0 Å². The maximum atomic E-state index is 5.45. The monoisotopic (exact) mass is 159 g/mol. The highest BCUT2D eigenvalue weighted by atomic mass is 35.5. The van der Waals surface area contributed by atoms with Crippen molar-refractivity contribution in [3.05, 3.63) is 17.9 Å². The molecule has 56 valence electrons. The normalized spacial score (nSPS) is 9.80. The summed E-state index contributed by atoms with van der Waals surface area (Å²) in [5.41, 5.74) is 0. The van der Waals surface area contributed by atoms with Crippen molar-refractivity contribution in [2.24, 2.45) is 0 Å². The Bertz CT molecular complexity index is 197. The zero-order valence-corrected chi connectivity index (χ0v) is 6.61. The summed E-state index contributed by atoms with van der Waals surface area (Å²) in [4.78, 5) is 0. The van der Waals surface area contributed by atoms with Crippen molar-refractivity contribution in [2.45, 2.75) is 6.92 Å². The van der Waals surface area contributed by atoms with E-state index in [9.17, 15) is 0 Å². The van der Waals surface area contributed by atoms with E-state index >= 15 is 0 Å². The van der Waals surface area contributed by atoms with Crippen LogP contribution in [-0.4, -0.2) is 12.4 Å². The number of hydrogen-bond donors (Lipinski definition) is 1. The first kappa shape index (κ1) is 7.48. The predicted molar refractivity (Wildman–Crippen MR) is 42.7 cm³/mol. The lowest BCUT2D eigenvalue weighted by Crippen LogP contribution is -2.00. The van der Waals surface area contributed by atoms with E-state index in [1.165, 1.54) is 0 Å². The highest BCUT2D eigenvalue weighted by Gasteiger charge is 1.93. The number of rotatable bonds is 3. The number of halogens is 1. The summed E-state index contributed by atoms with van der Waals surface area (Å²) in [6.07, 6.45) is 0. The first-order valence-electron chi connectivity index (χ1n) is 3.19.